The molecule has 0 saturated heterocycles. The number of esters is 1. The Morgan fingerprint density at radius 3 is 2.00 bits per heavy atom. The van der Waals surface area contributed by atoms with Gasteiger partial charge in [-0.1, -0.05) is 60.1 Å². The van der Waals surface area contributed by atoms with Crippen LogP contribution in [-0.2, 0) is 4.79 Å². The van der Waals surface area contributed by atoms with Crippen LogP contribution in [0, 0.1) is 10.8 Å². The molecule has 0 radical (unpaired) electrons. The zero-order chi connectivity index (χ0) is 16.3. The molecular weight excluding hydrogens is 260 g/mol. The molecule has 0 aliphatic heterocycles. The lowest BCUT2D eigenvalue weighted by Crippen LogP contribution is -2.25. The van der Waals surface area contributed by atoms with Crippen molar-refractivity contribution < 1.29 is 9.53 Å². The molecule has 0 bridgehead atoms. The number of ether oxygens (including phenoxy) is 1. The van der Waals surface area contributed by atoms with Crippen LogP contribution >= 0.6 is 0 Å². The minimum Gasteiger partial charge on any atom is -0.427 e. The van der Waals surface area contributed by atoms with E-state index in [4.69, 9.17) is 4.74 Å². The van der Waals surface area contributed by atoms with Gasteiger partial charge in [-0.05, 0) is 40.9 Å². The zero-order valence-electron chi connectivity index (χ0n) is 14.6. The molecule has 1 atom stereocenters. The van der Waals surface area contributed by atoms with Crippen molar-refractivity contribution in [1.29, 1.82) is 0 Å². The molecule has 0 amide bonds. The van der Waals surface area contributed by atoms with Crippen molar-refractivity contribution in [1.82, 2.24) is 0 Å². The molecule has 0 spiro atoms. The van der Waals surface area contributed by atoms with E-state index in [1.807, 2.05) is 12.1 Å². The zero-order valence-corrected chi connectivity index (χ0v) is 14.6. The van der Waals surface area contributed by atoms with E-state index in [0.29, 0.717) is 11.7 Å². The standard InChI is InChI=1S/C19H30O2/c1-8-19(6,7)17(13-18(3,4)5)15-9-11-16(12-10-15)21-14(2)20/h9-12,17H,8,13H2,1-7H3. The molecule has 1 unspecified atom stereocenters. The molecule has 2 heteroatoms. The minimum atomic E-state index is -0.275. The Balaban J connectivity index is 3.06. The van der Waals surface area contributed by atoms with Crippen LogP contribution in [0.5, 0.6) is 5.75 Å². The molecule has 1 aromatic carbocycles. The molecule has 0 aliphatic rings. The SMILES string of the molecule is CCC(C)(C)C(CC(C)(C)C)c1ccc(OC(C)=O)cc1. The molecule has 1 aromatic rings. The van der Waals surface area contributed by atoms with Crippen molar-refractivity contribution in [3.63, 3.8) is 0 Å². The van der Waals surface area contributed by atoms with Gasteiger partial charge in [0.05, 0.1) is 0 Å². The number of rotatable bonds is 5. The molecule has 2 nitrogen and oxygen atoms in total. The van der Waals surface area contributed by atoms with Gasteiger partial charge >= 0.3 is 5.97 Å². The first-order valence-electron chi connectivity index (χ1n) is 7.83. The molecule has 0 fully saturated rings. The van der Waals surface area contributed by atoms with Gasteiger partial charge in [0.15, 0.2) is 0 Å². The summed E-state index contributed by atoms with van der Waals surface area (Å²) in [5.41, 5.74) is 1.86. The number of benzene rings is 1. The van der Waals surface area contributed by atoms with E-state index in [1.54, 1.807) is 0 Å². The van der Waals surface area contributed by atoms with E-state index in [2.05, 4.69) is 53.7 Å². The molecule has 21 heavy (non-hydrogen) atoms. The van der Waals surface area contributed by atoms with E-state index in [-0.39, 0.29) is 16.8 Å². The van der Waals surface area contributed by atoms with Crippen molar-refractivity contribution in [3.8, 4) is 5.75 Å². The van der Waals surface area contributed by atoms with Crippen molar-refractivity contribution in [2.75, 3.05) is 0 Å². The van der Waals surface area contributed by atoms with Crippen LogP contribution in [0.4, 0.5) is 0 Å². The van der Waals surface area contributed by atoms with Crippen LogP contribution in [0.2, 0.25) is 0 Å². The summed E-state index contributed by atoms with van der Waals surface area (Å²) >= 11 is 0. The molecule has 0 aliphatic carbocycles. The summed E-state index contributed by atoms with van der Waals surface area (Å²) in [4.78, 5) is 11.0. The second-order valence-corrected chi connectivity index (χ2v) is 7.82. The monoisotopic (exact) mass is 290 g/mol. The molecule has 118 valence electrons. The summed E-state index contributed by atoms with van der Waals surface area (Å²) in [7, 11) is 0. The number of hydrogen-bond acceptors (Lipinski definition) is 2. The highest BCUT2D eigenvalue weighted by Crippen LogP contribution is 2.45. The number of carbonyl (C=O) groups is 1. The molecule has 0 saturated carbocycles. The smallest absolute Gasteiger partial charge is 0.308 e. The van der Waals surface area contributed by atoms with E-state index in [1.165, 1.54) is 12.5 Å². The first kappa shape index (κ1) is 17.7. The Hall–Kier alpha value is -1.31. The van der Waals surface area contributed by atoms with Crippen LogP contribution in [0.3, 0.4) is 0 Å². The van der Waals surface area contributed by atoms with E-state index >= 15 is 0 Å². The maximum atomic E-state index is 11.0. The van der Waals surface area contributed by atoms with Crippen LogP contribution < -0.4 is 4.74 Å². The Labute approximate surface area is 129 Å². The quantitative estimate of drug-likeness (QED) is 0.523. The van der Waals surface area contributed by atoms with Gasteiger partial charge in [-0.25, -0.2) is 0 Å². The first-order valence-corrected chi connectivity index (χ1v) is 7.83. The van der Waals surface area contributed by atoms with Crippen molar-refractivity contribution in [2.45, 2.75) is 67.2 Å². The summed E-state index contributed by atoms with van der Waals surface area (Å²) in [6, 6.07) is 8.01. The predicted molar refractivity (Wildman–Crippen MR) is 88.6 cm³/mol. The Bertz CT molecular complexity index is 463. The van der Waals surface area contributed by atoms with Gasteiger partial charge in [-0.15, -0.1) is 0 Å². The fourth-order valence-corrected chi connectivity index (χ4v) is 2.64. The van der Waals surface area contributed by atoms with Gasteiger partial charge in [-0.3, -0.25) is 4.79 Å². The summed E-state index contributed by atoms with van der Waals surface area (Å²) in [6.45, 7) is 15.2. The Morgan fingerprint density at radius 2 is 1.62 bits per heavy atom. The fourth-order valence-electron chi connectivity index (χ4n) is 2.64. The van der Waals surface area contributed by atoms with Gasteiger partial charge < -0.3 is 4.74 Å². The van der Waals surface area contributed by atoms with Crippen LogP contribution in [-0.4, -0.2) is 5.97 Å². The fraction of sp³-hybridized carbons (Fsp3) is 0.632. The largest absolute Gasteiger partial charge is 0.427 e. The topological polar surface area (TPSA) is 26.3 Å². The second-order valence-electron chi connectivity index (χ2n) is 7.82. The van der Waals surface area contributed by atoms with Crippen LogP contribution in [0.15, 0.2) is 24.3 Å². The average Bonchev–Trinajstić information content (AvgIpc) is 2.35. The van der Waals surface area contributed by atoms with Crippen molar-refractivity contribution in [2.24, 2.45) is 10.8 Å². The number of hydrogen-bond donors (Lipinski definition) is 0. The van der Waals surface area contributed by atoms with Gasteiger partial charge in [0, 0.05) is 6.92 Å². The third kappa shape index (κ3) is 5.53. The van der Waals surface area contributed by atoms with E-state index in [0.717, 1.165) is 12.8 Å². The summed E-state index contributed by atoms with van der Waals surface area (Å²) in [5, 5.41) is 0. The molecular formula is C19H30O2. The summed E-state index contributed by atoms with van der Waals surface area (Å²) < 4.78 is 5.12. The third-order valence-electron chi connectivity index (χ3n) is 4.22. The van der Waals surface area contributed by atoms with Gasteiger partial charge in [0.2, 0.25) is 0 Å². The third-order valence-corrected chi connectivity index (χ3v) is 4.22. The molecule has 1 rings (SSSR count). The van der Waals surface area contributed by atoms with Gasteiger partial charge in [0.1, 0.15) is 5.75 Å². The maximum Gasteiger partial charge on any atom is 0.308 e. The Morgan fingerprint density at radius 1 is 1.10 bits per heavy atom. The summed E-state index contributed by atoms with van der Waals surface area (Å²) in [6.07, 6.45) is 2.28. The maximum absolute atomic E-state index is 11.0. The lowest BCUT2D eigenvalue weighted by Gasteiger charge is -2.38. The van der Waals surface area contributed by atoms with Crippen molar-refractivity contribution >= 4 is 5.97 Å². The van der Waals surface area contributed by atoms with E-state index < -0.39 is 0 Å². The lowest BCUT2D eigenvalue weighted by atomic mass is 9.67. The average molecular weight is 290 g/mol. The van der Waals surface area contributed by atoms with Crippen LogP contribution in [0.25, 0.3) is 0 Å². The highest BCUT2D eigenvalue weighted by Gasteiger charge is 2.32. The highest BCUT2D eigenvalue weighted by molar-refractivity contribution is 5.69. The molecule has 0 heterocycles. The van der Waals surface area contributed by atoms with Crippen LogP contribution in [0.1, 0.15) is 72.8 Å². The normalized spacial score (nSPS) is 13.9. The van der Waals surface area contributed by atoms with Gasteiger partial charge in [0.25, 0.3) is 0 Å². The number of carbonyl (C=O) groups excluding carboxylic acids is 1. The summed E-state index contributed by atoms with van der Waals surface area (Å²) in [5.74, 6) is 0.840. The predicted octanol–water partition coefficient (Wildman–Crippen LogP) is 5.57. The molecule has 0 N–H and O–H groups in total. The highest BCUT2D eigenvalue weighted by atomic mass is 16.5. The van der Waals surface area contributed by atoms with Gasteiger partial charge in [-0.2, -0.15) is 0 Å². The second kappa shape index (κ2) is 6.64. The van der Waals surface area contributed by atoms with E-state index in [9.17, 15) is 4.79 Å². The minimum absolute atomic E-state index is 0.246. The lowest BCUT2D eigenvalue weighted by molar-refractivity contribution is -0.131. The molecule has 0 aromatic heterocycles. The first-order chi connectivity index (χ1) is 9.55. The Kier molecular flexibility index (Phi) is 5.61. The van der Waals surface area contributed by atoms with Crippen molar-refractivity contribution in [3.05, 3.63) is 29.8 Å².